The third-order valence-corrected chi connectivity index (χ3v) is 3.58. The number of anilines is 1. The van der Waals surface area contributed by atoms with E-state index in [1.54, 1.807) is 24.3 Å². The van der Waals surface area contributed by atoms with Gasteiger partial charge in [-0.15, -0.1) is 6.42 Å². The van der Waals surface area contributed by atoms with Gasteiger partial charge in [0.05, 0.1) is 28.5 Å². The van der Waals surface area contributed by atoms with E-state index in [-0.39, 0.29) is 21.4 Å². The highest BCUT2D eigenvalue weighted by molar-refractivity contribution is 6.41. The highest BCUT2D eigenvalue weighted by atomic mass is 35.5. The topological polar surface area (TPSA) is 65.2 Å². The molecule has 0 bridgehead atoms. The van der Waals surface area contributed by atoms with Crippen molar-refractivity contribution in [3.05, 3.63) is 45.6 Å². The van der Waals surface area contributed by atoms with Gasteiger partial charge >= 0.3 is 5.97 Å². The van der Waals surface area contributed by atoms with Crippen molar-refractivity contribution >= 4 is 34.9 Å². The summed E-state index contributed by atoms with van der Waals surface area (Å²) in [6, 6.07) is 6.93. The van der Waals surface area contributed by atoms with Crippen molar-refractivity contribution in [2.75, 3.05) is 12.8 Å². The van der Waals surface area contributed by atoms with Gasteiger partial charge in [-0.3, -0.25) is 0 Å². The average Bonchev–Trinajstić information content (AvgIpc) is 2.52. The Kier molecular flexibility index (Phi) is 4.37. The average molecular weight is 321 g/mol. The van der Waals surface area contributed by atoms with Crippen molar-refractivity contribution in [1.29, 1.82) is 0 Å². The first-order valence-corrected chi connectivity index (χ1v) is 6.55. The largest absolute Gasteiger partial charge is 0.464 e. The van der Waals surface area contributed by atoms with E-state index in [1.807, 2.05) is 0 Å². The molecule has 2 rings (SSSR count). The molecule has 6 heteroatoms. The van der Waals surface area contributed by atoms with Crippen LogP contribution in [-0.2, 0) is 4.74 Å². The second-order valence-corrected chi connectivity index (χ2v) is 4.82. The predicted octanol–water partition coefficient (Wildman–Crippen LogP) is 3.41. The van der Waals surface area contributed by atoms with E-state index < -0.39 is 5.97 Å². The number of carbonyl (C=O) groups is 1. The second-order valence-electron chi connectivity index (χ2n) is 4.06. The molecule has 1 heterocycles. The fraction of sp³-hybridized carbons (Fsp3) is 0.0667. The van der Waals surface area contributed by atoms with E-state index >= 15 is 0 Å². The molecule has 0 unspecified atom stereocenters. The Bertz CT molecular complexity index is 750. The fourth-order valence-corrected chi connectivity index (χ4v) is 2.22. The van der Waals surface area contributed by atoms with Gasteiger partial charge in [0, 0.05) is 11.1 Å². The van der Waals surface area contributed by atoms with Crippen LogP contribution in [-0.4, -0.2) is 18.1 Å². The molecular formula is C15H10Cl2N2O2. The third kappa shape index (κ3) is 2.80. The monoisotopic (exact) mass is 320 g/mol. The molecule has 0 aliphatic carbocycles. The lowest BCUT2D eigenvalue weighted by Crippen LogP contribution is -2.08. The van der Waals surface area contributed by atoms with Crippen molar-refractivity contribution in [3.8, 4) is 23.6 Å². The first-order valence-electron chi connectivity index (χ1n) is 5.79. The number of hydrogen-bond acceptors (Lipinski definition) is 4. The Morgan fingerprint density at radius 1 is 1.29 bits per heavy atom. The molecule has 4 nitrogen and oxygen atoms in total. The van der Waals surface area contributed by atoms with Crippen LogP contribution in [0, 0.1) is 12.3 Å². The lowest BCUT2D eigenvalue weighted by molar-refractivity contribution is 0.0594. The molecule has 0 spiro atoms. The first-order chi connectivity index (χ1) is 9.99. The highest BCUT2D eigenvalue weighted by Gasteiger charge is 2.21. The fourth-order valence-electron chi connectivity index (χ4n) is 1.71. The van der Waals surface area contributed by atoms with Crippen LogP contribution in [0.5, 0.6) is 0 Å². The van der Waals surface area contributed by atoms with E-state index in [4.69, 9.17) is 35.4 Å². The Hall–Kier alpha value is -2.22. The van der Waals surface area contributed by atoms with Gasteiger partial charge in [0.25, 0.3) is 0 Å². The van der Waals surface area contributed by atoms with Gasteiger partial charge in [0.1, 0.15) is 0 Å². The number of ether oxygens (including phenoxy) is 1. The number of methoxy groups -OCH3 is 1. The van der Waals surface area contributed by atoms with Crippen LogP contribution in [0.15, 0.2) is 24.3 Å². The molecule has 0 radical (unpaired) electrons. The quantitative estimate of drug-likeness (QED) is 0.680. The van der Waals surface area contributed by atoms with E-state index in [2.05, 4.69) is 15.6 Å². The van der Waals surface area contributed by atoms with Crippen LogP contribution in [0.25, 0.3) is 11.3 Å². The molecule has 0 aliphatic heterocycles. The van der Waals surface area contributed by atoms with Crippen molar-refractivity contribution < 1.29 is 9.53 Å². The van der Waals surface area contributed by atoms with Crippen LogP contribution in [0.1, 0.15) is 16.1 Å². The molecule has 1 aromatic heterocycles. The minimum atomic E-state index is -0.690. The maximum atomic E-state index is 11.7. The number of nitrogen functional groups attached to an aromatic ring is 1. The van der Waals surface area contributed by atoms with Crippen LogP contribution >= 0.6 is 23.2 Å². The number of esters is 1. The normalized spacial score (nSPS) is 10.0. The van der Waals surface area contributed by atoms with Gasteiger partial charge in [-0.2, -0.15) is 0 Å². The summed E-state index contributed by atoms with van der Waals surface area (Å²) in [7, 11) is 1.23. The zero-order valence-electron chi connectivity index (χ0n) is 11.0. The Labute approximate surface area is 131 Å². The smallest absolute Gasteiger partial charge is 0.358 e. The summed E-state index contributed by atoms with van der Waals surface area (Å²) in [5, 5.41) is 0.136. The third-order valence-electron chi connectivity index (χ3n) is 2.82. The predicted molar refractivity (Wildman–Crippen MR) is 83.4 cm³/mol. The summed E-state index contributed by atoms with van der Waals surface area (Å²) in [5.74, 6) is 1.82. The van der Waals surface area contributed by atoms with Gasteiger partial charge < -0.3 is 10.5 Å². The molecule has 1 aromatic carbocycles. The molecule has 0 amide bonds. The zero-order valence-corrected chi connectivity index (χ0v) is 12.5. The molecule has 0 atom stereocenters. The Morgan fingerprint density at radius 3 is 2.43 bits per heavy atom. The van der Waals surface area contributed by atoms with Gasteiger partial charge in [0.2, 0.25) is 0 Å². The molecule has 106 valence electrons. The van der Waals surface area contributed by atoms with Crippen LogP contribution in [0.3, 0.4) is 0 Å². The van der Waals surface area contributed by atoms with E-state index in [0.29, 0.717) is 16.8 Å². The number of pyridine rings is 1. The van der Waals surface area contributed by atoms with Crippen LogP contribution in [0.4, 0.5) is 5.69 Å². The Balaban J connectivity index is 2.65. The second kappa shape index (κ2) is 6.04. The summed E-state index contributed by atoms with van der Waals surface area (Å²) in [6.07, 6.45) is 5.30. The van der Waals surface area contributed by atoms with Gasteiger partial charge in [-0.05, 0) is 12.1 Å². The summed E-state index contributed by atoms with van der Waals surface area (Å²) in [4.78, 5) is 15.8. The molecule has 0 aliphatic rings. The number of terminal acetylenes is 1. The van der Waals surface area contributed by atoms with Crippen LogP contribution in [0.2, 0.25) is 10.0 Å². The van der Waals surface area contributed by atoms with E-state index in [0.717, 1.165) is 0 Å². The maximum Gasteiger partial charge on any atom is 0.358 e. The minimum Gasteiger partial charge on any atom is -0.464 e. The number of carbonyl (C=O) groups excluding carboxylic acids is 1. The summed E-state index contributed by atoms with van der Waals surface area (Å²) in [6.45, 7) is 0. The number of benzene rings is 1. The molecule has 2 N–H and O–H groups in total. The molecule has 21 heavy (non-hydrogen) atoms. The van der Waals surface area contributed by atoms with Gasteiger partial charge in [-0.1, -0.05) is 41.3 Å². The SMILES string of the molecule is C#Cc1ccc(-c2nc(C(=O)OC)c(Cl)c(N)c2Cl)cc1. The van der Waals surface area contributed by atoms with Crippen molar-refractivity contribution in [2.45, 2.75) is 0 Å². The van der Waals surface area contributed by atoms with Crippen LogP contribution < -0.4 is 5.73 Å². The van der Waals surface area contributed by atoms with Crippen molar-refractivity contribution in [1.82, 2.24) is 4.98 Å². The lowest BCUT2D eigenvalue weighted by atomic mass is 10.1. The number of nitrogens with two attached hydrogens (primary N) is 1. The number of nitrogens with zero attached hydrogens (tertiary/aromatic N) is 1. The lowest BCUT2D eigenvalue weighted by Gasteiger charge is -2.11. The standard InChI is InChI=1S/C15H10Cl2N2O2/c1-3-8-4-6-9(7-5-8)13-10(16)12(18)11(17)14(19-13)15(20)21-2/h1,4-7H,2H3,(H2,18,19). The summed E-state index contributed by atoms with van der Waals surface area (Å²) in [5.41, 5.74) is 7.52. The maximum absolute atomic E-state index is 11.7. The first kappa shape index (κ1) is 15.2. The molecule has 0 saturated carbocycles. The Morgan fingerprint density at radius 2 is 1.90 bits per heavy atom. The number of halogens is 2. The number of rotatable bonds is 2. The van der Waals surface area contributed by atoms with Gasteiger partial charge in [0.15, 0.2) is 5.69 Å². The molecule has 0 fully saturated rings. The number of hydrogen-bond donors (Lipinski definition) is 1. The zero-order chi connectivity index (χ0) is 15.6. The molecule has 2 aromatic rings. The molecule has 0 saturated heterocycles. The minimum absolute atomic E-state index is 0.0316. The summed E-state index contributed by atoms with van der Waals surface area (Å²) >= 11 is 12.1. The van der Waals surface area contributed by atoms with Crippen molar-refractivity contribution in [2.24, 2.45) is 0 Å². The van der Waals surface area contributed by atoms with Crippen molar-refractivity contribution in [3.63, 3.8) is 0 Å². The van der Waals surface area contributed by atoms with E-state index in [9.17, 15) is 4.79 Å². The van der Waals surface area contributed by atoms with Gasteiger partial charge in [-0.25, -0.2) is 9.78 Å². The summed E-state index contributed by atoms with van der Waals surface area (Å²) < 4.78 is 4.63. The molecular weight excluding hydrogens is 311 g/mol. The highest BCUT2D eigenvalue weighted by Crippen LogP contribution is 2.37. The number of aromatic nitrogens is 1. The van der Waals surface area contributed by atoms with E-state index in [1.165, 1.54) is 7.11 Å².